The molecule has 2 nitrogen and oxygen atoms in total. The third-order valence-corrected chi connectivity index (χ3v) is 14.2. The largest absolute Gasteiger partial charge is 0.256 e. The van der Waals surface area contributed by atoms with Crippen molar-refractivity contribution in [1.29, 1.82) is 0 Å². The van der Waals surface area contributed by atoms with E-state index in [1.807, 2.05) is 35.1 Å². The highest BCUT2D eigenvalue weighted by atomic mass is 32.1. The van der Waals surface area contributed by atoms with Crippen molar-refractivity contribution in [3.63, 3.8) is 0 Å². The summed E-state index contributed by atoms with van der Waals surface area (Å²) in [4.78, 5) is 15.1. The van der Waals surface area contributed by atoms with Gasteiger partial charge in [-0.1, -0.05) is 128 Å². The van der Waals surface area contributed by atoms with E-state index in [1.165, 1.54) is 134 Å². The fraction of sp³-hybridized carbons (Fsp3) is 0.429. The predicted octanol–water partition coefficient (Wildman–Crippen LogP) is 16.5. The number of rotatable bonds is 20. The molecule has 0 amide bonds. The van der Waals surface area contributed by atoms with Crippen LogP contribution in [-0.2, 0) is 25.7 Å². The number of benzene rings is 3. The molecule has 0 aliphatic heterocycles. The van der Waals surface area contributed by atoms with Gasteiger partial charge < -0.3 is 0 Å². The van der Waals surface area contributed by atoms with Crippen LogP contribution in [0.5, 0.6) is 0 Å². The minimum atomic E-state index is 1.03. The number of unbranched alkanes of at least 4 members (excludes halogenated alkanes) is 12. The van der Waals surface area contributed by atoms with Gasteiger partial charge in [-0.2, -0.15) is 0 Å². The van der Waals surface area contributed by atoms with Crippen molar-refractivity contribution in [1.82, 2.24) is 9.97 Å². The van der Waals surface area contributed by atoms with Gasteiger partial charge in [0.1, 0.15) is 0 Å². The summed E-state index contributed by atoms with van der Waals surface area (Å²) in [6.07, 6.45) is 28.5. The Bertz CT molecular complexity index is 2450. The summed E-state index contributed by atoms with van der Waals surface area (Å²) in [7, 11) is 0. The van der Waals surface area contributed by atoms with E-state index in [0.717, 1.165) is 79.1 Å². The quantitative estimate of drug-likeness (QED) is 0.0434. The monoisotopic (exact) mass is 828 g/mol. The van der Waals surface area contributed by atoms with Gasteiger partial charge in [-0.05, 0) is 134 Å². The molecule has 0 spiro atoms. The van der Waals surface area contributed by atoms with Crippen LogP contribution in [0.1, 0.15) is 172 Å². The van der Waals surface area contributed by atoms with Crippen LogP contribution in [0.4, 0.5) is 0 Å². The highest BCUT2D eigenvalue weighted by Crippen LogP contribution is 2.38. The Balaban J connectivity index is 1.44. The van der Waals surface area contributed by atoms with Gasteiger partial charge in [0.25, 0.3) is 0 Å². The van der Waals surface area contributed by atoms with E-state index in [0.29, 0.717) is 0 Å². The van der Waals surface area contributed by atoms with Gasteiger partial charge in [-0.25, -0.2) is 0 Å². The molecule has 310 valence electrons. The highest BCUT2D eigenvalue weighted by Gasteiger charge is 2.18. The molecule has 0 N–H and O–H groups in total. The number of nitrogens with zero attached hydrogens (tertiary/aromatic N) is 2. The van der Waals surface area contributed by atoms with E-state index in [1.54, 1.807) is 0 Å². The first-order valence-corrected chi connectivity index (χ1v) is 25.0. The summed E-state index contributed by atoms with van der Waals surface area (Å²) >= 11 is 3.71. The van der Waals surface area contributed by atoms with Crippen LogP contribution < -0.4 is 0 Å². The Morgan fingerprint density at radius 2 is 0.767 bits per heavy atom. The van der Waals surface area contributed by atoms with Crippen LogP contribution in [0.3, 0.4) is 0 Å². The highest BCUT2D eigenvalue weighted by molar-refractivity contribution is 7.12. The summed E-state index contributed by atoms with van der Waals surface area (Å²) in [6, 6.07) is 22.9. The lowest BCUT2D eigenvalue weighted by atomic mass is 9.88. The van der Waals surface area contributed by atoms with Gasteiger partial charge in [-0.3, -0.25) is 9.97 Å². The first-order valence-electron chi connectivity index (χ1n) is 23.4. The number of hydrogen-bond donors (Lipinski definition) is 0. The zero-order chi connectivity index (χ0) is 41.5. The maximum Gasteiger partial charge on any atom is 0.0775 e. The van der Waals surface area contributed by atoms with E-state index in [4.69, 9.17) is 9.97 Å². The zero-order valence-electron chi connectivity index (χ0n) is 36.8. The number of thiophene rings is 2. The number of pyridine rings is 2. The number of hydrogen-bond acceptors (Lipinski definition) is 4. The number of aromatic nitrogens is 2. The third-order valence-electron chi connectivity index (χ3n) is 12.1. The summed E-state index contributed by atoms with van der Waals surface area (Å²) < 4.78 is 0. The van der Waals surface area contributed by atoms with Crippen molar-refractivity contribution in [2.45, 2.75) is 156 Å². The molecule has 0 saturated heterocycles. The van der Waals surface area contributed by atoms with Gasteiger partial charge in [0.2, 0.25) is 0 Å². The van der Waals surface area contributed by atoms with Gasteiger partial charge in [0.05, 0.1) is 20.8 Å². The standard InChI is InChI=1S/C56H64N2S2/c1-5-9-13-17-21-41-33-35-57-55-39-53-48(32-30-46-28-26-44(60-46)24-20-16-12-8-4)52-38-50-42(22-18-14-10-6-2)34-36-58-56(50)40-54(52)47(51(53)37-49(41)55)31-29-45-27-25-43(59-45)23-19-15-11-7-3/h25-28,33-40H,5-24H2,1-4H3. The van der Waals surface area contributed by atoms with Crippen LogP contribution in [0.2, 0.25) is 0 Å². The van der Waals surface area contributed by atoms with Gasteiger partial charge in [-0.15, -0.1) is 22.7 Å². The molecule has 3 aromatic carbocycles. The second-order valence-electron chi connectivity index (χ2n) is 16.8. The summed E-state index contributed by atoms with van der Waals surface area (Å²) in [6.45, 7) is 9.12. The Labute approximate surface area is 368 Å². The molecular formula is C56H64N2S2. The SMILES string of the molecule is CCCCCCc1ccc(C#Cc2c3cc4nccc(CCCCCC)c4cc3c(C#Cc3ccc(CCCCCC)s3)c3cc4nccc(CCCCCC)c4cc23)s1. The van der Waals surface area contributed by atoms with E-state index in [2.05, 4.69) is 112 Å². The molecule has 0 fully saturated rings. The second-order valence-corrected chi connectivity index (χ2v) is 19.1. The molecule has 0 saturated carbocycles. The van der Waals surface area contributed by atoms with Gasteiger partial charge >= 0.3 is 0 Å². The summed E-state index contributed by atoms with van der Waals surface area (Å²) in [5.74, 6) is 15.0. The summed E-state index contributed by atoms with van der Waals surface area (Å²) in [5, 5.41) is 7.04. The molecule has 0 aliphatic rings. The molecule has 0 aliphatic carbocycles. The van der Waals surface area contributed by atoms with E-state index in [-0.39, 0.29) is 0 Å². The molecule has 0 unspecified atom stereocenters. The van der Waals surface area contributed by atoms with Crippen LogP contribution >= 0.6 is 22.7 Å². The number of aryl methyl sites for hydroxylation is 4. The molecule has 0 bridgehead atoms. The van der Waals surface area contributed by atoms with E-state index in [9.17, 15) is 0 Å². The van der Waals surface area contributed by atoms with Crippen molar-refractivity contribution < 1.29 is 0 Å². The molecule has 4 aromatic heterocycles. The topological polar surface area (TPSA) is 25.8 Å². The lowest BCUT2D eigenvalue weighted by molar-refractivity contribution is 0.668. The van der Waals surface area contributed by atoms with E-state index < -0.39 is 0 Å². The molecule has 7 rings (SSSR count). The average molecular weight is 829 g/mol. The van der Waals surface area contributed by atoms with Crippen molar-refractivity contribution in [3.8, 4) is 23.7 Å². The Hall–Kier alpha value is -4.48. The second kappa shape index (κ2) is 22.4. The first-order chi connectivity index (χ1) is 29.6. The maximum absolute atomic E-state index is 5.01. The summed E-state index contributed by atoms with van der Waals surface area (Å²) in [5.41, 5.74) is 6.93. The average Bonchev–Trinajstić information content (AvgIpc) is 3.93. The van der Waals surface area contributed by atoms with Crippen molar-refractivity contribution >= 4 is 66.0 Å². The van der Waals surface area contributed by atoms with Crippen LogP contribution in [0.25, 0.3) is 43.4 Å². The lowest BCUT2D eigenvalue weighted by Crippen LogP contribution is -1.96. The predicted molar refractivity (Wildman–Crippen MR) is 264 cm³/mol. The van der Waals surface area contributed by atoms with Crippen molar-refractivity contribution in [2.24, 2.45) is 0 Å². The fourth-order valence-electron chi connectivity index (χ4n) is 8.67. The Morgan fingerprint density at radius 3 is 1.17 bits per heavy atom. The molecule has 7 aromatic rings. The van der Waals surface area contributed by atoms with Crippen LogP contribution in [-0.4, -0.2) is 9.97 Å². The maximum atomic E-state index is 5.01. The zero-order valence-corrected chi connectivity index (χ0v) is 38.4. The molecule has 4 heteroatoms. The van der Waals surface area contributed by atoms with Crippen LogP contribution in [0, 0.1) is 23.7 Å². The molecule has 60 heavy (non-hydrogen) atoms. The van der Waals surface area contributed by atoms with Crippen molar-refractivity contribution in [3.05, 3.63) is 115 Å². The molecule has 0 radical (unpaired) electrons. The Kier molecular flexibility index (Phi) is 16.3. The van der Waals surface area contributed by atoms with Gasteiger partial charge in [0, 0.05) is 54.8 Å². The van der Waals surface area contributed by atoms with Gasteiger partial charge in [0.15, 0.2) is 0 Å². The third kappa shape index (κ3) is 11.1. The fourth-order valence-corrected chi connectivity index (χ4v) is 10.5. The van der Waals surface area contributed by atoms with E-state index >= 15 is 0 Å². The van der Waals surface area contributed by atoms with Crippen molar-refractivity contribution in [2.75, 3.05) is 0 Å². The molecular weight excluding hydrogens is 765 g/mol. The number of fused-ring (bicyclic) bond motifs is 4. The lowest BCUT2D eigenvalue weighted by Gasteiger charge is -2.15. The first kappa shape index (κ1) is 43.6. The minimum Gasteiger partial charge on any atom is -0.256 e. The Morgan fingerprint density at radius 1 is 0.383 bits per heavy atom. The minimum absolute atomic E-state index is 1.03. The van der Waals surface area contributed by atoms with Crippen LogP contribution in [0.15, 0.2) is 73.1 Å². The smallest absolute Gasteiger partial charge is 0.0775 e. The molecule has 4 heterocycles. The normalized spacial score (nSPS) is 11.4. The molecule has 0 atom stereocenters.